The molecular formula is C18H27IN4O2S. The summed E-state index contributed by atoms with van der Waals surface area (Å²) >= 11 is 1.64. The van der Waals surface area contributed by atoms with Gasteiger partial charge in [0.15, 0.2) is 17.5 Å². The fourth-order valence-electron chi connectivity index (χ4n) is 2.33. The Hall–Kier alpha value is -1.55. The highest BCUT2D eigenvalue weighted by Gasteiger charge is 2.05. The number of aryl methyl sites for hydroxylation is 1. The second-order valence-corrected chi connectivity index (χ2v) is 6.36. The number of guanidine groups is 1. The van der Waals surface area contributed by atoms with Gasteiger partial charge in [0.25, 0.3) is 0 Å². The van der Waals surface area contributed by atoms with Crippen LogP contribution >= 0.6 is 35.3 Å². The van der Waals surface area contributed by atoms with Gasteiger partial charge < -0.3 is 20.1 Å². The van der Waals surface area contributed by atoms with Crippen LogP contribution in [0.4, 0.5) is 0 Å². The number of methoxy groups -OCH3 is 2. The highest BCUT2D eigenvalue weighted by atomic mass is 127. The van der Waals surface area contributed by atoms with Gasteiger partial charge in [-0.3, -0.25) is 0 Å². The van der Waals surface area contributed by atoms with E-state index in [1.54, 1.807) is 25.6 Å². The Morgan fingerprint density at radius 1 is 1.19 bits per heavy atom. The quantitative estimate of drug-likeness (QED) is 0.338. The van der Waals surface area contributed by atoms with Crippen LogP contribution in [-0.2, 0) is 13.0 Å². The first kappa shape index (κ1) is 22.5. The molecule has 0 aliphatic heterocycles. The number of aromatic nitrogens is 1. The van der Waals surface area contributed by atoms with Crippen molar-refractivity contribution in [2.45, 2.75) is 26.8 Å². The van der Waals surface area contributed by atoms with Crippen LogP contribution in [0.15, 0.2) is 28.7 Å². The fraction of sp³-hybridized carbons (Fsp3) is 0.444. The standard InChI is InChI=1S/C18H26N4O2S.HI/c1-5-19-18(21-11-17-13(2)22-12-25-17)20-9-8-14-6-7-15(23-3)16(10-14)24-4;/h6-7,10,12H,5,8-9,11H2,1-4H3,(H2,19,20,21);1H. The molecule has 0 amide bonds. The molecule has 0 spiro atoms. The minimum absolute atomic E-state index is 0. The molecule has 26 heavy (non-hydrogen) atoms. The Bertz CT molecular complexity index is 706. The van der Waals surface area contributed by atoms with E-state index < -0.39 is 0 Å². The Balaban J connectivity index is 0.00000338. The predicted octanol–water partition coefficient (Wildman–Crippen LogP) is 3.38. The van der Waals surface area contributed by atoms with Crippen molar-refractivity contribution in [2.75, 3.05) is 27.3 Å². The average molecular weight is 490 g/mol. The number of nitrogens with zero attached hydrogens (tertiary/aromatic N) is 2. The van der Waals surface area contributed by atoms with Crippen LogP contribution in [-0.4, -0.2) is 38.3 Å². The van der Waals surface area contributed by atoms with Crippen molar-refractivity contribution in [2.24, 2.45) is 4.99 Å². The molecule has 1 heterocycles. The minimum atomic E-state index is 0. The third-order valence-electron chi connectivity index (χ3n) is 3.72. The molecule has 0 saturated carbocycles. The first-order valence-electron chi connectivity index (χ1n) is 8.30. The lowest BCUT2D eigenvalue weighted by atomic mass is 10.1. The molecule has 1 aromatic heterocycles. The maximum Gasteiger partial charge on any atom is 0.191 e. The zero-order valence-corrected chi connectivity index (χ0v) is 18.8. The zero-order chi connectivity index (χ0) is 18.1. The molecule has 0 bridgehead atoms. The van der Waals surface area contributed by atoms with Gasteiger partial charge in [-0.05, 0) is 38.0 Å². The molecule has 8 heteroatoms. The van der Waals surface area contributed by atoms with E-state index in [1.807, 2.05) is 30.6 Å². The second kappa shape index (κ2) is 11.9. The number of ether oxygens (including phenoxy) is 2. The van der Waals surface area contributed by atoms with E-state index in [1.165, 1.54) is 10.4 Å². The van der Waals surface area contributed by atoms with Gasteiger partial charge in [-0.25, -0.2) is 9.98 Å². The molecule has 0 aliphatic rings. The lowest BCUT2D eigenvalue weighted by Crippen LogP contribution is -2.38. The van der Waals surface area contributed by atoms with E-state index in [0.29, 0.717) is 6.54 Å². The molecular weight excluding hydrogens is 463 g/mol. The van der Waals surface area contributed by atoms with Gasteiger partial charge in [0.1, 0.15) is 0 Å². The summed E-state index contributed by atoms with van der Waals surface area (Å²) in [5, 5.41) is 6.64. The number of rotatable bonds is 8. The second-order valence-electron chi connectivity index (χ2n) is 5.42. The van der Waals surface area contributed by atoms with Crippen molar-refractivity contribution in [3.05, 3.63) is 39.8 Å². The molecule has 0 aliphatic carbocycles. The molecule has 0 radical (unpaired) electrons. The lowest BCUT2D eigenvalue weighted by molar-refractivity contribution is 0.354. The molecule has 0 saturated heterocycles. The van der Waals surface area contributed by atoms with E-state index in [-0.39, 0.29) is 24.0 Å². The molecule has 0 unspecified atom stereocenters. The van der Waals surface area contributed by atoms with E-state index in [0.717, 1.165) is 42.7 Å². The Morgan fingerprint density at radius 3 is 2.58 bits per heavy atom. The summed E-state index contributed by atoms with van der Waals surface area (Å²) in [6.45, 7) is 6.32. The maximum atomic E-state index is 5.35. The summed E-state index contributed by atoms with van der Waals surface area (Å²) < 4.78 is 10.6. The topological polar surface area (TPSA) is 67.8 Å². The van der Waals surface area contributed by atoms with Crippen molar-refractivity contribution < 1.29 is 9.47 Å². The van der Waals surface area contributed by atoms with Crippen LogP contribution in [0.5, 0.6) is 11.5 Å². The Morgan fingerprint density at radius 2 is 1.96 bits per heavy atom. The van der Waals surface area contributed by atoms with E-state index >= 15 is 0 Å². The number of aliphatic imine (C=N–C) groups is 1. The van der Waals surface area contributed by atoms with Crippen molar-refractivity contribution in [3.8, 4) is 11.5 Å². The largest absolute Gasteiger partial charge is 0.493 e. The number of thiazole rings is 1. The molecule has 2 aromatic rings. The number of benzene rings is 1. The van der Waals surface area contributed by atoms with E-state index in [4.69, 9.17) is 9.47 Å². The average Bonchev–Trinajstić information content (AvgIpc) is 3.04. The van der Waals surface area contributed by atoms with Crippen LogP contribution in [0.2, 0.25) is 0 Å². The van der Waals surface area contributed by atoms with Crippen LogP contribution in [0.1, 0.15) is 23.1 Å². The molecule has 144 valence electrons. The van der Waals surface area contributed by atoms with Crippen LogP contribution < -0.4 is 20.1 Å². The fourth-order valence-corrected chi connectivity index (χ4v) is 3.03. The number of halogens is 1. The number of hydrogen-bond acceptors (Lipinski definition) is 5. The first-order valence-corrected chi connectivity index (χ1v) is 9.18. The molecule has 2 rings (SSSR count). The Labute approximate surface area is 176 Å². The molecule has 0 atom stereocenters. The Kier molecular flexibility index (Phi) is 10.3. The summed E-state index contributed by atoms with van der Waals surface area (Å²) in [6.07, 6.45) is 0.865. The van der Waals surface area contributed by atoms with Gasteiger partial charge in [0.2, 0.25) is 0 Å². The summed E-state index contributed by atoms with van der Waals surface area (Å²) in [5.74, 6) is 2.31. The summed E-state index contributed by atoms with van der Waals surface area (Å²) in [4.78, 5) is 10.1. The molecule has 6 nitrogen and oxygen atoms in total. The zero-order valence-electron chi connectivity index (χ0n) is 15.7. The van der Waals surface area contributed by atoms with Crippen LogP contribution in [0, 0.1) is 6.92 Å². The maximum absolute atomic E-state index is 5.35. The first-order chi connectivity index (χ1) is 12.2. The third kappa shape index (κ3) is 6.64. The molecule has 1 aromatic carbocycles. The van der Waals surface area contributed by atoms with Crippen molar-refractivity contribution in [1.29, 1.82) is 0 Å². The molecule has 2 N–H and O–H groups in total. The lowest BCUT2D eigenvalue weighted by Gasteiger charge is -2.12. The number of hydrogen-bond donors (Lipinski definition) is 2. The van der Waals surface area contributed by atoms with Crippen molar-refractivity contribution >= 4 is 41.3 Å². The highest BCUT2D eigenvalue weighted by molar-refractivity contribution is 14.0. The monoisotopic (exact) mass is 490 g/mol. The van der Waals surface area contributed by atoms with Gasteiger partial charge in [-0.2, -0.15) is 0 Å². The summed E-state index contributed by atoms with van der Waals surface area (Å²) in [6, 6.07) is 5.99. The van der Waals surface area contributed by atoms with Crippen LogP contribution in [0.3, 0.4) is 0 Å². The summed E-state index contributed by atoms with van der Waals surface area (Å²) in [7, 11) is 3.29. The SMILES string of the molecule is CCNC(=NCc1scnc1C)NCCc1ccc(OC)c(OC)c1.I. The summed E-state index contributed by atoms with van der Waals surface area (Å²) in [5.41, 5.74) is 4.09. The third-order valence-corrected chi connectivity index (χ3v) is 4.64. The van der Waals surface area contributed by atoms with Gasteiger partial charge in [0.05, 0.1) is 32.0 Å². The minimum Gasteiger partial charge on any atom is -0.493 e. The van der Waals surface area contributed by atoms with Crippen molar-refractivity contribution in [1.82, 2.24) is 15.6 Å². The van der Waals surface area contributed by atoms with E-state index in [2.05, 4.69) is 27.5 Å². The highest BCUT2D eigenvalue weighted by Crippen LogP contribution is 2.27. The van der Waals surface area contributed by atoms with E-state index in [9.17, 15) is 0 Å². The van der Waals surface area contributed by atoms with Gasteiger partial charge in [0, 0.05) is 18.0 Å². The number of nitrogens with one attached hydrogen (secondary N) is 2. The van der Waals surface area contributed by atoms with Crippen LogP contribution in [0.25, 0.3) is 0 Å². The van der Waals surface area contributed by atoms with Crippen molar-refractivity contribution in [3.63, 3.8) is 0 Å². The van der Waals surface area contributed by atoms with Gasteiger partial charge >= 0.3 is 0 Å². The normalized spacial score (nSPS) is 10.8. The van der Waals surface area contributed by atoms with Gasteiger partial charge in [-0.1, -0.05) is 6.07 Å². The molecule has 0 fully saturated rings. The van der Waals surface area contributed by atoms with Gasteiger partial charge in [-0.15, -0.1) is 35.3 Å². The predicted molar refractivity (Wildman–Crippen MR) is 118 cm³/mol. The smallest absolute Gasteiger partial charge is 0.191 e.